The van der Waals surface area contributed by atoms with Crippen LogP contribution in [0.2, 0.25) is 0 Å². The largest absolute Gasteiger partial charge is 0.378 e. The fraction of sp³-hybridized carbons (Fsp3) is 0.486. The summed E-state index contributed by atoms with van der Waals surface area (Å²) in [5.41, 5.74) is 3.68. The second-order valence-electron chi connectivity index (χ2n) is 10.8. The standard InChI is InChI=1S/C35H43FO/c1-3-5-6-27-7-9-28(10-8-27)11-12-29-13-15-30(16-14-29)17-18-32-19-20-33(26-35(32)36)31-21-23-34(24-22-31)37-25-4-2/h5-6,11-16,19-20,26-28,31,34H,3-4,7-10,21-25H2,1-2H3/b6-5+,12-11+. The molecule has 0 aliphatic heterocycles. The lowest BCUT2D eigenvalue weighted by atomic mass is 9.81. The number of benzene rings is 2. The van der Waals surface area contributed by atoms with Gasteiger partial charge in [-0.05, 0) is 117 Å². The van der Waals surface area contributed by atoms with E-state index in [0.717, 1.165) is 62.2 Å². The lowest BCUT2D eigenvalue weighted by Gasteiger charge is -2.28. The highest BCUT2D eigenvalue weighted by Gasteiger charge is 2.23. The molecule has 2 heteroatoms. The Morgan fingerprint density at radius 2 is 1.54 bits per heavy atom. The second kappa shape index (κ2) is 14.3. The molecule has 2 aromatic carbocycles. The fourth-order valence-electron chi connectivity index (χ4n) is 5.66. The minimum absolute atomic E-state index is 0.214. The van der Waals surface area contributed by atoms with Crippen molar-refractivity contribution in [3.63, 3.8) is 0 Å². The minimum atomic E-state index is -0.214. The van der Waals surface area contributed by atoms with Crippen LogP contribution in [0.15, 0.2) is 60.7 Å². The third-order valence-corrected chi connectivity index (χ3v) is 7.97. The molecule has 0 saturated heterocycles. The van der Waals surface area contributed by atoms with Crippen LogP contribution < -0.4 is 0 Å². The molecule has 0 aromatic heterocycles. The molecule has 0 bridgehead atoms. The molecule has 0 unspecified atom stereocenters. The van der Waals surface area contributed by atoms with Gasteiger partial charge in [0.15, 0.2) is 0 Å². The van der Waals surface area contributed by atoms with Crippen molar-refractivity contribution in [2.24, 2.45) is 11.8 Å². The summed E-state index contributed by atoms with van der Waals surface area (Å²) in [6, 6.07) is 13.9. The Kier molecular flexibility index (Phi) is 10.6. The zero-order valence-electron chi connectivity index (χ0n) is 22.7. The van der Waals surface area contributed by atoms with Gasteiger partial charge in [-0.1, -0.05) is 68.2 Å². The Morgan fingerprint density at radius 1 is 0.838 bits per heavy atom. The van der Waals surface area contributed by atoms with Gasteiger partial charge in [-0.15, -0.1) is 0 Å². The smallest absolute Gasteiger partial charge is 0.139 e. The molecule has 0 atom stereocenters. The Labute approximate surface area is 224 Å². The van der Waals surface area contributed by atoms with Crippen LogP contribution in [-0.2, 0) is 4.74 Å². The van der Waals surface area contributed by atoms with E-state index in [2.05, 4.69) is 68.2 Å². The number of halogens is 1. The summed E-state index contributed by atoms with van der Waals surface area (Å²) in [6.45, 7) is 5.19. The average molecular weight is 499 g/mol. The van der Waals surface area contributed by atoms with E-state index in [-0.39, 0.29) is 5.82 Å². The van der Waals surface area contributed by atoms with Crippen LogP contribution in [0.5, 0.6) is 0 Å². The Morgan fingerprint density at radius 3 is 2.19 bits per heavy atom. The van der Waals surface area contributed by atoms with Crippen molar-refractivity contribution < 1.29 is 9.13 Å². The molecule has 37 heavy (non-hydrogen) atoms. The van der Waals surface area contributed by atoms with Crippen molar-refractivity contribution in [1.29, 1.82) is 0 Å². The summed E-state index contributed by atoms with van der Waals surface area (Å²) in [7, 11) is 0. The van der Waals surface area contributed by atoms with Gasteiger partial charge in [0.2, 0.25) is 0 Å². The third kappa shape index (κ3) is 8.44. The van der Waals surface area contributed by atoms with Crippen LogP contribution in [0.25, 0.3) is 6.08 Å². The molecular formula is C35H43FO. The Balaban J connectivity index is 1.28. The van der Waals surface area contributed by atoms with Gasteiger partial charge in [-0.25, -0.2) is 4.39 Å². The molecule has 2 aliphatic rings. The summed E-state index contributed by atoms with van der Waals surface area (Å²) < 4.78 is 20.7. The predicted octanol–water partition coefficient (Wildman–Crippen LogP) is 9.46. The number of allylic oxidation sites excluding steroid dienone is 3. The average Bonchev–Trinajstić information content (AvgIpc) is 2.94. The SMILES string of the molecule is CC/C=C/C1CCC(/C=C/c2ccc(C#Cc3ccc(C4CCC(OCCC)CC4)cc3F)cc2)CC1. The normalized spacial score (nSPS) is 24.3. The third-order valence-electron chi connectivity index (χ3n) is 7.97. The van der Waals surface area contributed by atoms with Gasteiger partial charge in [0.1, 0.15) is 5.82 Å². The summed E-state index contributed by atoms with van der Waals surface area (Å²) >= 11 is 0. The van der Waals surface area contributed by atoms with Gasteiger partial charge in [-0.2, -0.15) is 0 Å². The van der Waals surface area contributed by atoms with Crippen LogP contribution in [0.4, 0.5) is 4.39 Å². The number of hydrogen-bond acceptors (Lipinski definition) is 1. The maximum atomic E-state index is 14.8. The Hall–Kier alpha value is -2.63. The topological polar surface area (TPSA) is 9.23 Å². The lowest BCUT2D eigenvalue weighted by molar-refractivity contribution is 0.0251. The van der Waals surface area contributed by atoms with E-state index in [9.17, 15) is 4.39 Å². The predicted molar refractivity (Wildman–Crippen MR) is 154 cm³/mol. The molecule has 0 radical (unpaired) electrons. The van der Waals surface area contributed by atoms with Crippen molar-refractivity contribution in [3.05, 3.63) is 88.8 Å². The first-order valence-electron chi connectivity index (χ1n) is 14.5. The number of rotatable bonds is 8. The number of hydrogen-bond donors (Lipinski definition) is 0. The van der Waals surface area contributed by atoms with Gasteiger partial charge in [0.25, 0.3) is 0 Å². The lowest BCUT2D eigenvalue weighted by Crippen LogP contribution is -2.21. The van der Waals surface area contributed by atoms with Crippen molar-refractivity contribution in [2.75, 3.05) is 6.61 Å². The number of ether oxygens (including phenoxy) is 1. The molecule has 0 amide bonds. The van der Waals surface area contributed by atoms with Crippen LogP contribution in [0, 0.1) is 29.5 Å². The van der Waals surface area contributed by atoms with E-state index in [1.165, 1.54) is 31.2 Å². The molecule has 0 heterocycles. The van der Waals surface area contributed by atoms with Gasteiger partial charge >= 0.3 is 0 Å². The first kappa shape index (κ1) is 27.4. The highest BCUT2D eigenvalue weighted by atomic mass is 19.1. The first-order chi connectivity index (χ1) is 18.1. The minimum Gasteiger partial charge on any atom is -0.378 e. The highest BCUT2D eigenvalue weighted by molar-refractivity contribution is 5.53. The molecule has 0 spiro atoms. The van der Waals surface area contributed by atoms with E-state index in [0.29, 0.717) is 23.5 Å². The first-order valence-corrected chi connectivity index (χ1v) is 14.5. The van der Waals surface area contributed by atoms with Crippen LogP contribution in [0.3, 0.4) is 0 Å². The summed E-state index contributed by atoms with van der Waals surface area (Å²) in [5.74, 6) is 7.85. The molecule has 0 N–H and O–H groups in total. The van der Waals surface area contributed by atoms with E-state index >= 15 is 0 Å². The van der Waals surface area contributed by atoms with E-state index in [4.69, 9.17) is 4.74 Å². The molecule has 4 rings (SSSR count). The maximum Gasteiger partial charge on any atom is 0.139 e. The summed E-state index contributed by atoms with van der Waals surface area (Å²) in [4.78, 5) is 0. The summed E-state index contributed by atoms with van der Waals surface area (Å²) in [6.07, 6.45) is 21.3. The van der Waals surface area contributed by atoms with Gasteiger partial charge in [0, 0.05) is 12.2 Å². The summed E-state index contributed by atoms with van der Waals surface area (Å²) in [5, 5.41) is 0. The zero-order chi connectivity index (χ0) is 25.9. The highest BCUT2D eigenvalue weighted by Crippen LogP contribution is 2.35. The molecule has 2 saturated carbocycles. The van der Waals surface area contributed by atoms with Crippen LogP contribution >= 0.6 is 0 Å². The Bertz CT molecular complexity index is 1080. The molecule has 2 aliphatic carbocycles. The quantitative estimate of drug-likeness (QED) is 0.260. The molecule has 2 fully saturated rings. The van der Waals surface area contributed by atoms with E-state index in [1.54, 1.807) is 6.07 Å². The van der Waals surface area contributed by atoms with Crippen molar-refractivity contribution >= 4 is 6.08 Å². The van der Waals surface area contributed by atoms with E-state index < -0.39 is 0 Å². The van der Waals surface area contributed by atoms with E-state index in [1.807, 2.05) is 18.2 Å². The van der Waals surface area contributed by atoms with Crippen LogP contribution in [0.1, 0.15) is 106 Å². The van der Waals surface area contributed by atoms with Crippen molar-refractivity contribution in [1.82, 2.24) is 0 Å². The van der Waals surface area contributed by atoms with Gasteiger partial charge in [-0.3, -0.25) is 0 Å². The molecule has 1 nitrogen and oxygen atoms in total. The maximum absolute atomic E-state index is 14.8. The molecular weight excluding hydrogens is 455 g/mol. The molecule has 2 aromatic rings. The monoisotopic (exact) mass is 498 g/mol. The second-order valence-corrected chi connectivity index (χ2v) is 10.8. The van der Waals surface area contributed by atoms with Crippen LogP contribution in [-0.4, -0.2) is 12.7 Å². The molecule has 196 valence electrons. The fourth-order valence-corrected chi connectivity index (χ4v) is 5.66. The van der Waals surface area contributed by atoms with Gasteiger partial charge < -0.3 is 4.74 Å². The van der Waals surface area contributed by atoms with Crippen molar-refractivity contribution in [2.45, 2.75) is 90.1 Å². The van der Waals surface area contributed by atoms with Crippen molar-refractivity contribution in [3.8, 4) is 11.8 Å². The van der Waals surface area contributed by atoms with Gasteiger partial charge in [0.05, 0.1) is 11.7 Å². The zero-order valence-corrected chi connectivity index (χ0v) is 22.7.